The minimum Gasteiger partial charge on any atom is -0.477 e. The molecule has 0 radical (unpaired) electrons. The van der Waals surface area contributed by atoms with Gasteiger partial charge in [0.25, 0.3) is 0 Å². The van der Waals surface area contributed by atoms with E-state index < -0.39 is 16.0 Å². The molecular weight excluding hydrogens is 314 g/mol. The number of thiophene rings is 1. The van der Waals surface area contributed by atoms with Crippen LogP contribution in [0.2, 0.25) is 0 Å². The van der Waals surface area contributed by atoms with Crippen molar-refractivity contribution in [3.63, 3.8) is 0 Å². The molecule has 1 aliphatic heterocycles. The fraction of sp³-hybridized carbons (Fsp3) is 0.615. The summed E-state index contributed by atoms with van der Waals surface area (Å²) in [7, 11) is -3.82. The number of carboxylic acid groups (broad SMARTS) is 1. The molecule has 21 heavy (non-hydrogen) atoms. The summed E-state index contributed by atoms with van der Waals surface area (Å²) in [6, 6.07) is 0. The van der Waals surface area contributed by atoms with Gasteiger partial charge in [0.2, 0.25) is 10.0 Å². The third-order valence-corrected chi connectivity index (χ3v) is 6.57. The molecule has 6 nitrogen and oxygen atoms in total. The summed E-state index contributed by atoms with van der Waals surface area (Å²) in [6.07, 6.45) is 1.56. The van der Waals surface area contributed by atoms with Crippen LogP contribution in [0.25, 0.3) is 0 Å². The van der Waals surface area contributed by atoms with Crippen molar-refractivity contribution in [1.29, 1.82) is 0 Å². The molecule has 0 spiro atoms. The Labute approximate surface area is 128 Å². The van der Waals surface area contributed by atoms with Crippen LogP contribution in [-0.4, -0.2) is 39.3 Å². The largest absolute Gasteiger partial charge is 0.477 e. The van der Waals surface area contributed by atoms with Crippen LogP contribution in [0.4, 0.5) is 0 Å². The van der Waals surface area contributed by atoms with E-state index in [2.05, 4.69) is 4.72 Å². The first-order chi connectivity index (χ1) is 9.75. The Morgan fingerprint density at radius 2 is 2.10 bits per heavy atom. The number of aromatic carboxylic acids is 1. The van der Waals surface area contributed by atoms with E-state index in [1.165, 1.54) is 0 Å². The topological polar surface area (TPSA) is 92.7 Å². The molecule has 0 unspecified atom stereocenters. The first-order valence-corrected chi connectivity index (χ1v) is 9.00. The Morgan fingerprint density at radius 3 is 2.67 bits per heavy atom. The fourth-order valence-electron chi connectivity index (χ4n) is 2.30. The predicted octanol–water partition coefficient (Wildman–Crippen LogP) is 1.85. The van der Waals surface area contributed by atoms with Crippen molar-refractivity contribution in [1.82, 2.24) is 4.72 Å². The SMILES string of the molecule is Cc1csc(C(=O)O)c1S(=O)(=O)NCC1(C)CCOCC1. The van der Waals surface area contributed by atoms with Crippen LogP contribution < -0.4 is 4.72 Å². The summed E-state index contributed by atoms with van der Waals surface area (Å²) in [5.41, 5.74) is 0.306. The van der Waals surface area contributed by atoms with Crippen LogP contribution in [0.1, 0.15) is 35.0 Å². The van der Waals surface area contributed by atoms with E-state index in [4.69, 9.17) is 9.84 Å². The van der Waals surface area contributed by atoms with Gasteiger partial charge in [0.15, 0.2) is 0 Å². The Balaban J connectivity index is 2.19. The minimum absolute atomic E-state index is 0.115. The second-order valence-corrected chi connectivity index (χ2v) is 8.21. The highest BCUT2D eigenvalue weighted by atomic mass is 32.2. The van der Waals surface area contributed by atoms with E-state index in [1.54, 1.807) is 12.3 Å². The van der Waals surface area contributed by atoms with Gasteiger partial charge in [-0.25, -0.2) is 17.9 Å². The molecule has 2 rings (SSSR count). The quantitative estimate of drug-likeness (QED) is 0.858. The molecule has 2 N–H and O–H groups in total. The smallest absolute Gasteiger partial charge is 0.347 e. The van der Waals surface area contributed by atoms with Gasteiger partial charge < -0.3 is 9.84 Å². The van der Waals surface area contributed by atoms with Crippen LogP contribution in [0.3, 0.4) is 0 Å². The molecule has 0 saturated carbocycles. The number of rotatable bonds is 5. The highest BCUT2D eigenvalue weighted by Gasteiger charge is 2.32. The molecule has 0 atom stereocenters. The van der Waals surface area contributed by atoms with Gasteiger partial charge in [0, 0.05) is 19.8 Å². The van der Waals surface area contributed by atoms with Crippen LogP contribution in [0.5, 0.6) is 0 Å². The van der Waals surface area contributed by atoms with Crippen molar-refractivity contribution >= 4 is 27.3 Å². The minimum atomic E-state index is -3.82. The number of nitrogens with one attached hydrogen (secondary N) is 1. The molecule has 2 heterocycles. The first-order valence-electron chi connectivity index (χ1n) is 6.64. The Morgan fingerprint density at radius 1 is 1.48 bits per heavy atom. The molecule has 8 heteroatoms. The van der Waals surface area contributed by atoms with E-state index in [-0.39, 0.29) is 21.7 Å². The zero-order chi connectivity index (χ0) is 15.7. The van der Waals surface area contributed by atoms with Gasteiger partial charge in [0.05, 0.1) is 0 Å². The normalized spacial score (nSPS) is 18.6. The number of sulfonamides is 1. The molecule has 1 aliphatic rings. The molecule has 1 aromatic rings. The summed E-state index contributed by atoms with van der Waals surface area (Å²) < 4.78 is 32.7. The first kappa shape index (κ1) is 16.4. The Kier molecular flexibility index (Phi) is 4.72. The number of hydrogen-bond acceptors (Lipinski definition) is 5. The van der Waals surface area contributed by atoms with Crippen LogP contribution >= 0.6 is 11.3 Å². The summed E-state index contributed by atoms with van der Waals surface area (Å²) >= 11 is 0.933. The third kappa shape index (κ3) is 3.63. The van der Waals surface area contributed by atoms with E-state index >= 15 is 0 Å². The average Bonchev–Trinajstić information content (AvgIpc) is 2.81. The second kappa shape index (κ2) is 6.04. The molecule has 0 aliphatic carbocycles. The van der Waals surface area contributed by atoms with Gasteiger partial charge in [0.1, 0.15) is 9.77 Å². The maximum Gasteiger partial charge on any atom is 0.347 e. The summed E-state index contributed by atoms with van der Waals surface area (Å²) in [5, 5.41) is 10.7. The van der Waals surface area contributed by atoms with E-state index in [0.29, 0.717) is 18.8 Å². The molecule has 0 bridgehead atoms. The number of carboxylic acids is 1. The molecule has 1 aromatic heterocycles. The summed E-state index contributed by atoms with van der Waals surface area (Å²) in [5.74, 6) is -1.22. The average molecular weight is 333 g/mol. The fourth-order valence-corrected chi connectivity index (χ4v) is 5.12. The molecule has 118 valence electrons. The number of ether oxygens (including phenoxy) is 1. The van der Waals surface area contributed by atoms with Crippen molar-refractivity contribution in [2.24, 2.45) is 5.41 Å². The molecule has 1 saturated heterocycles. The highest BCUT2D eigenvalue weighted by molar-refractivity contribution is 7.89. The summed E-state index contributed by atoms with van der Waals surface area (Å²) in [4.78, 5) is 10.9. The monoisotopic (exact) mass is 333 g/mol. The molecule has 1 fully saturated rings. The van der Waals surface area contributed by atoms with Crippen molar-refractivity contribution in [3.05, 3.63) is 15.8 Å². The zero-order valence-corrected chi connectivity index (χ0v) is 13.6. The second-order valence-electron chi connectivity index (χ2n) is 5.63. The van der Waals surface area contributed by atoms with Gasteiger partial charge in [-0.1, -0.05) is 6.92 Å². The molecule has 0 amide bonds. The van der Waals surface area contributed by atoms with Crippen LogP contribution in [0.15, 0.2) is 10.3 Å². The maximum absolute atomic E-state index is 12.4. The van der Waals surface area contributed by atoms with Crippen molar-refractivity contribution in [3.8, 4) is 0 Å². The van der Waals surface area contributed by atoms with Gasteiger partial charge in [-0.3, -0.25) is 0 Å². The van der Waals surface area contributed by atoms with E-state index in [1.807, 2.05) is 6.92 Å². The zero-order valence-electron chi connectivity index (χ0n) is 12.0. The standard InChI is InChI=1S/C13H19NO5S2/c1-9-7-20-10(12(15)16)11(9)21(17,18)14-8-13(2)3-5-19-6-4-13/h7,14H,3-6,8H2,1-2H3,(H,15,16). The number of aryl methyl sites for hydroxylation is 1. The third-order valence-electron chi connectivity index (χ3n) is 3.77. The molecule has 0 aromatic carbocycles. The lowest BCUT2D eigenvalue weighted by Crippen LogP contribution is -2.39. The lowest BCUT2D eigenvalue weighted by atomic mass is 9.83. The highest BCUT2D eigenvalue weighted by Crippen LogP contribution is 2.31. The van der Waals surface area contributed by atoms with Crippen LogP contribution in [0, 0.1) is 12.3 Å². The van der Waals surface area contributed by atoms with E-state index in [0.717, 1.165) is 24.2 Å². The van der Waals surface area contributed by atoms with Gasteiger partial charge >= 0.3 is 5.97 Å². The van der Waals surface area contributed by atoms with Gasteiger partial charge in [-0.15, -0.1) is 11.3 Å². The Bertz CT molecular complexity index is 629. The van der Waals surface area contributed by atoms with Gasteiger partial charge in [-0.2, -0.15) is 0 Å². The summed E-state index contributed by atoms with van der Waals surface area (Å²) in [6.45, 7) is 5.14. The lowest BCUT2D eigenvalue weighted by molar-refractivity contribution is 0.0264. The van der Waals surface area contributed by atoms with Crippen molar-refractivity contribution < 1.29 is 23.1 Å². The lowest BCUT2D eigenvalue weighted by Gasteiger charge is -2.33. The molecular formula is C13H19NO5S2. The number of carbonyl (C=O) groups is 1. The Hall–Kier alpha value is -0.960. The number of hydrogen-bond donors (Lipinski definition) is 2. The van der Waals surface area contributed by atoms with Crippen molar-refractivity contribution in [2.45, 2.75) is 31.6 Å². The van der Waals surface area contributed by atoms with Crippen molar-refractivity contribution in [2.75, 3.05) is 19.8 Å². The maximum atomic E-state index is 12.4. The van der Waals surface area contributed by atoms with E-state index in [9.17, 15) is 13.2 Å². The predicted molar refractivity (Wildman–Crippen MR) is 79.4 cm³/mol. The van der Waals surface area contributed by atoms with Crippen LogP contribution in [-0.2, 0) is 14.8 Å². The van der Waals surface area contributed by atoms with Gasteiger partial charge in [-0.05, 0) is 36.1 Å².